The quantitative estimate of drug-likeness (QED) is 0.671. The van der Waals surface area contributed by atoms with Gasteiger partial charge in [0.25, 0.3) is 0 Å². The summed E-state index contributed by atoms with van der Waals surface area (Å²) in [6, 6.07) is 6.49. The normalized spacial score (nSPS) is 15.9. The van der Waals surface area contributed by atoms with Crippen LogP contribution in [0.5, 0.6) is 0 Å². The standard InChI is InChI=1S/C19H31FN4O/c1-2-23-13-15-24(16-14-23)12-6-5-10-21-19(25)22-11-9-17-7-3-4-8-18(17)20/h3-4,7-8H,2,5-6,9-16H2,1H3,(H2,21,22,25). The average molecular weight is 350 g/mol. The largest absolute Gasteiger partial charge is 0.338 e. The lowest BCUT2D eigenvalue weighted by atomic mass is 10.1. The van der Waals surface area contributed by atoms with E-state index < -0.39 is 0 Å². The minimum atomic E-state index is -0.218. The molecule has 2 amide bonds. The van der Waals surface area contributed by atoms with E-state index >= 15 is 0 Å². The lowest BCUT2D eigenvalue weighted by molar-refractivity contribution is 0.135. The number of piperazine rings is 1. The van der Waals surface area contributed by atoms with Gasteiger partial charge in [-0.25, -0.2) is 9.18 Å². The van der Waals surface area contributed by atoms with Crippen molar-refractivity contribution in [3.63, 3.8) is 0 Å². The molecule has 1 saturated heterocycles. The van der Waals surface area contributed by atoms with Gasteiger partial charge >= 0.3 is 6.03 Å². The Kier molecular flexibility index (Phi) is 8.69. The van der Waals surface area contributed by atoms with E-state index in [2.05, 4.69) is 27.4 Å². The van der Waals surface area contributed by atoms with Crippen molar-refractivity contribution in [2.45, 2.75) is 26.2 Å². The molecule has 0 aromatic heterocycles. The molecule has 25 heavy (non-hydrogen) atoms. The molecule has 0 bridgehead atoms. The molecular weight excluding hydrogens is 319 g/mol. The Morgan fingerprint density at radius 2 is 1.72 bits per heavy atom. The molecule has 1 aromatic rings. The SMILES string of the molecule is CCN1CCN(CCCCNC(=O)NCCc2ccccc2F)CC1. The molecule has 2 rings (SSSR count). The van der Waals surface area contributed by atoms with Gasteiger partial charge in [0, 0.05) is 39.3 Å². The van der Waals surface area contributed by atoms with Gasteiger partial charge in [-0.1, -0.05) is 25.1 Å². The van der Waals surface area contributed by atoms with E-state index in [1.807, 2.05) is 0 Å². The highest BCUT2D eigenvalue weighted by Gasteiger charge is 2.14. The van der Waals surface area contributed by atoms with E-state index in [0.29, 0.717) is 25.1 Å². The van der Waals surface area contributed by atoms with Crippen LogP contribution in [-0.4, -0.2) is 68.2 Å². The molecule has 0 unspecified atom stereocenters. The van der Waals surface area contributed by atoms with Crippen LogP contribution in [0.4, 0.5) is 9.18 Å². The van der Waals surface area contributed by atoms with E-state index in [0.717, 1.165) is 39.0 Å². The number of urea groups is 1. The van der Waals surface area contributed by atoms with Crippen molar-refractivity contribution >= 4 is 6.03 Å². The fraction of sp³-hybridized carbons (Fsp3) is 0.632. The van der Waals surface area contributed by atoms with Crippen molar-refractivity contribution in [2.24, 2.45) is 0 Å². The zero-order valence-electron chi connectivity index (χ0n) is 15.3. The molecule has 0 aliphatic carbocycles. The van der Waals surface area contributed by atoms with Crippen LogP contribution in [0, 0.1) is 5.82 Å². The monoisotopic (exact) mass is 350 g/mol. The number of hydrogen-bond donors (Lipinski definition) is 2. The van der Waals surface area contributed by atoms with Crippen molar-refractivity contribution in [3.05, 3.63) is 35.6 Å². The maximum absolute atomic E-state index is 13.5. The number of carbonyl (C=O) groups is 1. The maximum Gasteiger partial charge on any atom is 0.314 e. The number of amides is 2. The molecule has 140 valence electrons. The van der Waals surface area contributed by atoms with Crippen LogP contribution in [0.1, 0.15) is 25.3 Å². The number of likely N-dealkylation sites (N-methyl/N-ethyl adjacent to an activating group) is 1. The summed E-state index contributed by atoms with van der Waals surface area (Å²) in [4.78, 5) is 16.7. The second-order valence-electron chi connectivity index (χ2n) is 6.51. The highest BCUT2D eigenvalue weighted by Crippen LogP contribution is 2.06. The molecule has 0 saturated carbocycles. The Bertz CT molecular complexity index is 518. The predicted octanol–water partition coefficient (Wildman–Crippen LogP) is 2.09. The van der Waals surface area contributed by atoms with Gasteiger partial charge < -0.3 is 20.4 Å². The van der Waals surface area contributed by atoms with Gasteiger partial charge in [-0.2, -0.15) is 0 Å². The van der Waals surface area contributed by atoms with Gasteiger partial charge in [0.2, 0.25) is 0 Å². The molecule has 5 nitrogen and oxygen atoms in total. The smallest absolute Gasteiger partial charge is 0.314 e. The van der Waals surface area contributed by atoms with Crippen LogP contribution >= 0.6 is 0 Å². The van der Waals surface area contributed by atoms with E-state index in [1.54, 1.807) is 18.2 Å². The topological polar surface area (TPSA) is 47.6 Å². The van der Waals surface area contributed by atoms with Gasteiger partial charge in [0.15, 0.2) is 0 Å². The summed E-state index contributed by atoms with van der Waals surface area (Å²) in [6.07, 6.45) is 2.58. The summed E-state index contributed by atoms with van der Waals surface area (Å²) in [5.74, 6) is -0.218. The number of hydrogen-bond acceptors (Lipinski definition) is 3. The molecule has 1 fully saturated rings. The molecule has 1 heterocycles. The molecule has 1 aliphatic rings. The third-order valence-electron chi connectivity index (χ3n) is 4.74. The van der Waals surface area contributed by atoms with Crippen molar-refractivity contribution in [1.29, 1.82) is 0 Å². The average Bonchev–Trinajstić information content (AvgIpc) is 2.63. The number of benzene rings is 1. The van der Waals surface area contributed by atoms with Gasteiger partial charge in [-0.15, -0.1) is 0 Å². The first-order valence-corrected chi connectivity index (χ1v) is 9.39. The first-order chi connectivity index (χ1) is 12.2. The minimum Gasteiger partial charge on any atom is -0.338 e. The fourth-order valence-corrected chi connectivity index (χ4v) is 3.07. The Hall–Kier alpha value is -1.66. The molecule has 1 aromatic carbocycles. The molecule has 1 aliphatic heterocycles. The van der Waals surface area contributed by atoms with E-state index in [9.17, 15) is 9.18 Å². The van der Waals surface area contributed by atoms with Gasteiger partial charge in [-0.05, 0) is 44.0 Å². The first kappa shape index (κ1) is 19.7. The van der Waals surface area contributed by atoms with Gasteiger partial charge in [0.05, 0.1) is 0 Å². The number of carbonyl (C=O) groups excluding carboxylic acids is 1. The van der Waals surface area contributed by atoms with Crippen LogP contribution in [0.2, 0.25) is 0 Å². The zero-order valence-corrected chi connectivity index (χ0v) is 15.3. The van der Waals surface area contributed by atoms with Crippen LogP contribution in [0.15, 0.2) is 24.3 Å². The maximum atomic E-state index is 13.5. The number of rotatable bonds is 9. The van der Waals surface area contributed by atoms with Crippen molar-refractivity contribution < 1.29 is 9.18 Å². The zero-order chi connectivity index (χ0) is 17.9. The third kappa shape index (κ3) is 7.40. The lowest BCUT2D eigenvalue weighted by Gasteiger charge is -2.33. The molecule has 0 atom stereocenters. The first-order valence-electron chi connectivity index (χ1n) is 9.39. The summed E-state index contributed by atoms with van der Waals surface area (Å²) in [7, 11) is 0. The molecule has 2 N–H and O–H groups in total. The number of unbranched alkanes of at least 4 members (excludes halogenated alkanes) is 1. The molecule has 0 radical (unpaired) electrons. The van der Waals surface area contributed by atoms with Crippen molar-refractivity contribution in [3.8, 4) is 0 Å². The predicted molar refractivity (Wildman–Crippen MR) is 99.3 cm³/mol. The summed E-state index contributed by atoms with van der Waals surface area (Å²) in [6.45, 7) is 10.2. The van der Waals surface area contributed by atoms with E-state index in [-0.39, 0.29) is 11.8 Å². The van der Waals surface area contributed by atoms with Crippen LogP contribution in [-0.2, 0) is 6.42 Å². The molecular formula is C19H31FN4O. The Labute approximate surface area is 150 Å². The molecule has 0 spiro atoms. The molecule has 6 heteroatoms. The van der Waals surface area contributed by atoms with Crippen molar-refractivity contribution in [1.82, 2.24) is 20.4 Å². The van der Waals surface area contributed by atoms with Crippen LogP contribution in [0.25, 0.3) is 0 Å². The second kappa shape index (κ2) is 11.1. The fourth-order valence-electron chi connectivity index (χ4n) is 3.07. The van der Waals surface area contributed by atoms with Crippen LogP contribution < -0.4 is 10.6 Å². The van der Waals surface area contributed by atoms with Gasteiger partial charge in [-0.3, -0.25) is 0 Å². The Balaban J connectivity index is 1.47. The number of nitrogens with one attached hydrogen (secondary N) is 2. The van der Waals surface area contributed by atoms with E-state index in [4.69, 9.17) is 0 Å². The Morgan fingerprint density at radius 3 is 2.44 bits per heavy atom. The van der Waals surface area contributed by atoms with Gasteiger partial charge in [0.1, 0.15) is 5.82 Å². The Morgan fingerprint density at radius 1 is 1.04 bits per heavy atom. The highest BCUT2D eigenvalue weighted by atomic mass is 19.1. The summed E-state index contributed by atoms with van der Waals surface area (Å²) < 4.78 is 13.5. The highest BCUT2D eigenvalue weighted by molar-refractivity contribution is 5.73. The number of nitrogens with zero attached hydrogens (tertiary/aromatic N) is 2. The lowest BCUT2D eigenvalue weighted by Crippen LogP contribution is -2.46. The summed E-state index contributed by atoms with van der Waals surface area (Å²) >= 11 is 0. The minimum absolute atomic E-state index is 0.173. The van der Waals surface area contributed by atoms with E-state index in [1.165, 1.54) is 19.2 Å². The third-order valence-corrected chi connectivity index (χ3v) is 4.74. The number of halogens is 1. The van der Waals surface area contributed by atoms with Crippen molar-refractivity contribution in [2.75, 3.05) is 52.4 Å². The van der Waals surface area contributed by atoms with Crippen LogP contribution in [0.3, 0.4) is 0 Å². The second-order valence-corrected chi connectivity index (χ2v) is 6.51. The summed E-state index contributed by atoms with van der Waals surface area (Å²) in [5, 5.41) is 5.64. The summed E-state index contributed by atoms with van der Waals surface area (Å²) in [5.41, 5.74) is 0.631.